The predicted octanol–water partition coefficient (Wildman–Crippen LogP) is 4.32. The summed E-state index contributed by atoms with van der Waals surface area (Å²) in [5, 5.41) is 0. The minimum atomic E-state index is -0.156. The molecule has 0 aliphatic carbocycles. The fraction of sp³-hybridized carbons (Fsp3) is 0.944. The van der Waals surface area contributed by atoms with Gasteiger partial charge >= 0.3 is 35.5 Å². The van der Waals surface area contributed by atoms with Crippen LogP contribution in [0.1, 0.15) is 96.8 Å². The van der Waals surface area contributed by atoms with Crippen LogP contribution in [-0.2, 0) is 9.53 Å². The van der Waals surface area contributed by atoms with E-state index in [0.717, 1.165) is 6.42 Å². The Morgan fingerprint density at radius 3 is 1.59 bits per heavy atom. The van der Waals surface area contributed by atoms with Crippen LogP contribution < -0.4 is 5.73 Å². The summed E-state index contributed by atoms with van der Waals surface area (Å²) in [5.74, 6) is -0.156. The fourth-order valence-corrected chi connectivity index (χ4v) is 2.50. The Labute approximate surface area is 160 Å². The van der Waals surface area contributed by atoms with Gasteiger partial charge in [-0.3, -0.25) is 4.79 Å². The van der Waals surface area contributed by atoms with Crippen molar-refractivity contribution in [2.24, 2.45) is 5.73 Å². The molecule has 3 nitrogen and oxygen atoms in total. The van der Waals surface area contributed by atoms with E-state index in [-0.39, 0.29) is 35.5 Å². The van der Waals surface area contributed by atoms with Gasteiger partial charge in [0.2, 0.25) is 0 Å². The number of hydrogen-bond donors (Lipinski definition) is 1. The zero-order valence-corrected chi connectivity index (χ0v) is 14.2. The normalized spacial score (nSPS) is 10.3. The number of carbonyl (C=O) groups is 1. The number of hydrogen-bond acceptors (Lipinski definition) is 3. The van der Waals surface area contributed by atoms with Gasteiger partial charge in [0.05, 0.1) is 13.0 Å². The average Bonchev–Trinajstić information content (AvgIpc) is 2.48. The molecule has 0 saturated heterocycles. The van der Waals surface area contributed by atoms with Gasteiger partial charge in [0.1, 0.15) is 0 Å². The summed E-state index contributed by atoms with van der Waals surface area (Å²) in [5.41, 5.74) is 5.28. The summed E-state index contributed by atoms with van der Waals surface area (Å²) >= 11 is 0. The first-order valence-electron chi connectivity index (χ1n) is 9.17. The molecule has 0 aromatic carbocycles. The van der Waals surface area contributed by atoms with E-state index in [0.29, 0.717) is 19.6 Å². The molecule has 0 aromatic heterocycles. The van der Waals surface area contributed by atoms with E-state index >= 15 is 0 Å². The van der Waals surface area contributed by atoms with Crippen molar-refractivity contribution in [2.75, 3.05) is 13.2 Å². The van der Waals surface area contributed by atoms with Crippen molar-refractivity contribution in [1.29, 1.82) is 0 Å². The second-order valence-electron chi connectivity index (χ2n) is 6.00. The van der Waals surface area contributed by atoms with E-state index in [9.17, 15) is 4.79 Å². The Morgan fingerprint density at radius 1 is 0.773 bits per heavy atom. The van der Waals surface area contributed by atoms with E-state index < -0.39 is 0 Å². The molecule has 0 saturated carbocycles. The summed E-state index contributed by atoms with van der Waals surface area (Å²) in [4.78, 5) is 11.1. The van der Waals surface area contributed by atoms with Gasteiger partial charge in [-0.15, -0.1) is 0 Å². The Balaban J connectivity index is 0. The van der Waals surface area contributed by atoms with E-state index in [4.69, 9.17) is 10.5 Å². The molecule has 0 fully saturated rings. The summed E-state index contributed by atoms with van der Waals surface area (Å²) in [7, 11) is 0. The summed E-state index contributed by atoms with van der Waals surface area (Å²) in [6.45, 7) is 3.22. The minimum absolute atomic E-state index is 0. The van der Waals surface area contributed by atoms with E-state index in [1.54, 1.807) is 0 Å². The van der Waals surface area contributed by atoms with Gasteiger partial charge in [0.15, 0.2) is 0 Å². The second-order valence-corrected chi connectivity index (χ2v) is 6.00. The first-order valence-corrected chi connectivity index (χ1v) is 9.17. The number of esters is 1. The van der Waals surface area contributed by atoms with Crippen LogP contribution in [-0.4, -0.2) is 48.7 Å². The van der Waals surface area contributed by atoms with Crippen LogP contribution >= 0.6 is 0 Å². The molecule has 0 heterocycles. The van der Waals surface area contributed by atoms with Crippen LogP contribution in [0.25, 0.3) is 0 Å². The first-order chi connectivity index (χ1) is 10.3. The molecule has 128 valence electrons. The molecule has 4 heteroatoms. The van der Waals surface area contributed by atoms with Gasteiger partial charge in [0, 0.05) is 6.54 Å². The molecule has 0 aliphatic heterocycles. The van der Waals surface area contributed by atoms with Crippen LogP contribution in [0.5, 0.6) is 0 Å². The zero-order valence-electron chi connectivity index (χ0n) is 14.2. The van der Waals surface area contributed by atoms with Crippen LogP contribution in [0.2, 0.25) is 0 Å². The third-order valence-corrected chi connectivity index (χ3v) is 3.86. The number of nitrogens with two attached hydrogens (primary N) is 1. The zero-order chi connectivity index (χ0) is 15.6. The Kier molecular flexibility index (Phi) is 24.0. The third-order valence-electron chi connectivity index (χ3n) is 3.86. The van der Waals surface area contributed by atoms with Crippen molar-refractivity contribution < 1.29 is 9.53 Å². The molecule has 0 bridgehead atoms. The Bertz CT molecular complexity index is 225. The topological polar surface area (TPSA) is 52.3 Å². The SMILES string of the molecule is CCCCCCCCCCCCCCCOC(=O)CCN.[NaH]. The van der Waals surface area contributed by atoms with Crippen molar-refractivity contribution in [3.8, 4) is 0 Å². The van der Waals surface area contributed by atoms with E-state index in [2.05, 4.69) is 6.92 Å². The number of carbonyl (C=O) groups excluding carboxylic acids is 1. The molecule has 0 spiro atoms. The standard InChI is InChI=1S/C18H37NO2.Na.H/c1-2-3-4-5-6-7-8-9-10-11-12-13-14-17-21-18(20)15-16-19;;/h2-17,19H2,1H3;;. The number of ether oxygens (including phenoxy) is 1. The fourth-order valence-electron chi connectivity index (χ4n) is 2.50. The van der Waals surface area contributed by atoms with Gasteiger partial charge in [-0.25, -0.2) is 0 Å². The van der Waals surface area contributed by atoms with Crippen LogP contribution in [0.3, 0.4) is 0 Å². The van der Waals surface area contributed by atoms with E-state index in [1.165, 1.54) is 77.0 Å². The van der Waals surface area contributed by atoms with Gasteiger partial charge in [0.25, 0.3) is 0 Å². The van der Waals surface area contributed by atoms with Crippen LogP contribution in [0, 0.1) is 0 Å². The molecule has 0 aromatic rings. The van der Waals surface area contributed by atoms with Gasteiger partial charge in [-0.1, -0.05) is 84.0 Å². The summed E-state index contributed by atoms with van der Waals surface area (Å²) < 4.78 is 5.06. The molecule has 0 atom stereocenters. The van der Waals surface area contributed by atoms with E-state index in [1.807, 2.05) is 0 Å². The molecule has 22 heavy (non-hydrogen) atoms. The molecular weight excluding hydrogens is 285 g/mol. The first kappa shape index (κ1) is 24.7. The number of unbranched alkanes of at least 4 members (excludes halogenated alkanes) is 12. The van der Waals surface area contributed by atoms with Crippen molar-refractivity contribution in [2.45, 2.75) is 96.8 Å². The third kappa shape index (κ3) is 20.4. The van der Waals surface area contributed by atoms with Crippen molar-refractivity contribution in [3.63, 3.8) is 0 Å². The van der Waals surface area contributed by atoms with Gasteiger partial charge in [-0.2, -0.15) is 0 Å². The van der Waals surface area contributed by atoms with Crippen LogP contribution in [0.15, 0.2) is 0 Å². The Hall–Kier alpha value is 0.430. The molecule has 0 aliphatic rings. The Morgan fingerprint density at radius 2 is 1.18 bits per heavy atom. The maximum absolute atomic E-state index is 11.1. The van der Waals surface area contributed by atoms with Crippen molar-refractivity contribution in [3.05, 3.63) is 0 Å². The van der Waals surface area contributed by atoms with Crippen molar-refractivity contribution >= 4 is 35.5 Å². The molecule has 0 radical (unpaired) electrons. The molecular formula is C18H38NNaO2. The average molecular weight is 323 g/mol. The summed E-state index contributed by atoms with van der Waals surface area (Å²) in [6.07, 6.45) is 17.7. The van der Waals surface area contributed by atoms with Crippen molar-refractivity contribution in [1.82, 2.24) is 0 Å². The van der Waals surface area contributed by atoms with Gasteiger partial charge < -0.3 is 10.5 Å². The molecule has 0 amide bonds. The second kappa shape index (κ2) is 21.4. The molecule has 0 unspecified atom stereocenters. The number of rotatable bonds is 16. The quantitative estimate of drug-likeness (QED) is 0.261. The maximum atomic E-state index is 11.1. The monoisotopic (exact) mass is 323 g/mol. The molecule has 2 N–H and O–H groups in total. The van der Waals surface area contributed by atoms with Gasteiger partial charge in [-0.05, 0) is 6.42 Å². The predicted molar refractivity (Wildman–Crippen MR) is 97.5 cm³/mol. The molecule has 0 rings (SSSR count). The summed E-state index contributed by atoms with van der Waals surface area (Å²) in [6, 6.07) is 0. The van der Waals surface area contributed by atoms with Crippen LogP contribution in [0.4, 0.5) is 0 Å².